The van der Waals surface area contributed by atoms with Gasteiger partial charge in [-0.25, -0.2) is 4.99 Å². The van der Waals surface area contributed by atoms with E-state index < -0.39 is 10.6 Å². The number of rotatable bonds is 2. The van der Waals surface area contributed by atoms with Crippen LogP contribution >= 0.6 is 0 Å². The molecule has 0 unspecified atom stereocenters. The van der Waals surface area contributed by atoms with Gasteiger partial charge < -0.3 is 20.9 Å². The summed E-state index contributed by atoms with van der Waals surface area (Å²) in [7, 11) is 0. The van der Waals surface area contributed by atoms with Gasteiger partial charge in [0.15, 0.2) is 11.5 Å². The number of anilines is 1. The first kappa shape index (κ1) is 17.4. The largest absolute Gasteiger partial charge is 0.489 e. The molecule has 1 fully saturated rings. The fourth-order valence-electron chi connectivity index (χ4n) is 3.98. The van der Waals surface area contributed by atoms with E-state index in [-0.39, 0.29) is 17.6 Å². The maximum Gasteiger partial charge on any atom is 0.297 e. The maximum atomic E-state index is 11.8. The zero-order valence-corrected chi connectivity index (χ0v) is 14.9. The average molecular weight is 374 g/mol. The Bertz CT molecular complexity index is 831. The molecule has 0 saturated heterocycles. The molecule has 10 nitrogen and oxygen atoms in total. The van der Waals surface area contributed by atoms with Crippen LogP contribution in [0.5, 0.6) is 11.5 Å². The quantitative estimate of drug-likeness (QED) is 0.594. The molecule has 4 N–H and O–H groups in total. The Labute approximate surface area is 156 Å². The topological polar surface area (TPSA) is 142 Å². The molecular formula is C17H22N6O4. The van der Waals surface area contributed by atoms with Crippen molar-refractivity contribution in [1.29, 1.82) is 0 Å². The lowest BCUT2D eigenvalue weighted by Crippen LogP contribution is -2.58. The number of nitrogens with zero attached hydrogens (tertiary/aromatic N) is 4. The van der Waals surface area contributed by atoms with Gasteiger partial charge in [-0.2, -0.15) is 4.99 Å². The molecule has 4 rings (SSSR count). The lowest BCUT2D eigenvalue weighted by molar-refractivity contribution is -0.384. The van der Waals surface area contributed by atoms with Crippen molar-refractivity contribution in [2.24, 2.45) is 21.5 Å². The van der Waals surface area contributed by atoms with Crippen molar-refractivity contribution in [3.05, 3.63) is 22.2 Å². The molecule has 1 saturated carbocycles. The van der Waals surface area contributed by atoms with Crippen LogP contribution in [0.2, 0.25) is 0 Å². The Morgan fingerprint density at radius 3 is 2.41 bits per heavy atom. The molecule has 10 heteroatoms. The van der Waals surface area contributed by atoms with E-state index in [9.17, 15) is 10.1 Å². The summed E-state index contributed by atoms with van der Waals surface area (Å²) in [5, 5.41) is 11.8. The van der Waals surface area contributed by atoms with E-state index in [1.165, 1.54) is 6.07 Å². The monoisotopic (exact) mass is 374 g/mol. The Balaban J connectivity index is 1.88. The van der Waals surface area contributed by atoms with E-state index in [1.54, 1.807) is 11.0 Å². The standard InChI is InChI=1S/C17H22N6O4/c18-15-20-16(19)22(17(21-15)5-2-1-3-6-17)11-9-13-14(10-12(11)23(24)25)27-8-4-7-26-13/h9-10H,1-8H2,(H4,18,19,20,21). The highest BCUT2D eigenvalue weighted by atomic mass is 16.6. The predicted molar refractivity (Wildman–Crippen MR) is 100 cm³/mol. The Morgan fingerprint density at radius 1 is 1.07 bits per heavy atom. The second-order valence-corrected chi connectivity index (χ2v) is 6.91. The molecule has 1 spiro atoms. The highest BCUT2D eigenvalue weighted by molar-refractivity contribution is 6.07. The summed E-state index contributed by atoms with van der Waals surface area (Å²) < 4.78 is 11.3. The Hall–Kier alpha value is -3.04. The van der Waals surface area contributed by atoms with E-state index in [4.69, 9.17) is 20.9 Å². The summed E-state index contributed by atoms with van der Waals surface area (Å²) in [6.07, 6.45) is 5.02. The van der Waals surface area contributed by atoms with Crippen LogP contribution in [0.25, 0.3) is 0 Å². The van der Waals surface area contributed by atoms with Crippen molar-refractivity contribution in [2.75, 3.05) is 18.1 Å². The zero-order chi connectivity index (χ0) is 19.0. The predicted octanol–water partition coefficient (Wildman–Crippen LogP) is 1.87. The van der Waals surface area contributed by atoms with Gasteiger partial charge in [0.25, 0.3) is 5.69 Å². The van der Waals surface area contributed by atoms with Crippen LogP contribution in [-0.4, -0.2) is 35.7 Å². The van der Waals surface area contributed by atoms with Crippen LogP contribution < -0.4 is 25.8 Å². The first-order valence-electron chi connectivity index (χ1n) is 9.08. The molecular weight excluding hydrogens is 352 g/mol. The van der Waals surface area contributed by atoms with E-state index in [2.05, 4.69) is 9.98 Å². The zero-order valence-electron chi connectivity index (χ0n) is 14.9. The van der Waals surface area contributed by atoms with Crippen LogP contribution in [0.4, 0.5) is 11.4 Å². The molecule has 0 aromatic heterocycles. The second-order valence-electron chi connectivity index (χ2n) is 6.91. The SMILES string of the molecule is NC1=NC2(CCCCC2)N(c2cc3c(cc2[N+](=O)[O-])OCCCO3)C(N)=N1. The van der Waals surface area contributed by atoms with Crippen LogP contribution in [0.3, 0.4) is 0 Å². The third-order valence-electron chi connectivity index (χ3n) is 5.13. The number of nitro benzene ring substituents is 1. The lowest BCUT2D eigenvalue weighted by Gasteiger charge is -2.45. The molecule has 1 aliphatic carbocycles. The van der Waals surface area contributed by atoms with Gasteiger partial charge in [-0.1, -0.05) is 6.42 Å². The first-order valence-corrected chi connectivity index (χ1v) is 9.08. The number of hydrogen-bond acceptors (Lipinski definition) is 9. The van der Waals surface area contributed by atoms with Gasteiger partial charge in [-0.15, -0.1) is 0 Å². The van der Waals surface area contributed by atoms with Crippen molar-refractivity contribution in [3.63, 3.8) is 0 Å². The number of hydrogen-bond donors (Lipinski definition) is 2. The van der Waals surface area contributed by atoms with E-state index in [1.807, 2.05) is 0 Å². The Morgan fingerprint density at radius 2 is 1.74 bits per heavy atom. The van der Waals surface area contributed by atoms with Crippen LogP contribution in [0, 0.1) is 10.1 Å². The minimum absolute atomic E-state index is 0.0991. The van der Waals surface area contributed by atoms with E-state index >= 15 is 0 Å². The Kier molecular flexibility index (Phi) is 4.25. The van der Waals surface area contributed by atoms with Crippen molar-refractivity contribution < 1.29 is 14.4 Å². The fourth-order valence-corrected chi connectivity index (χ4v) is 3.98. The minimum atomic E-state index is -0.765. The van der Waals surface area contributed by atoms with Gasteiger partial charge in [0, 0.05) is 12.5 Å². The van der Waals surface area contributed by atoms with Crippen molar-refractivity contribution in [3.8, 4) is 11.5 Å². The molecule has 27 heavy (non-hydrogen) atoms. The lowest BCUT2D eigenvalue weighted by atomic mass is 9.87. The number of ether oxygens (including phenoxy) is 2. The van der Waals surface area contributed by atoms with Crippen molar-refractivity contribution in [1.82, 2.24) is 0 Å². The second kappa shape index (κ2) is 6.60. The molecule has 2 heterocycles. The summed E-state index contributed by atoms with van der Waals surface area (Å²) in [6, 6.07) is 3.00. The third-order valence-corrected chi connectivity index (χ3v) is 5.13. The molecule has 0 amide bonds. The molecule has 1 aromatic rings. The molecule has 0 atom stereocenters. The number of guanidine groups is 2. The summed E-state index contributed by atoms with van der Waals surface area (Å²) in [6.45, 7) is 0.922. The number of nitro groups is 1. The highest BCUT2D eigenvalue weighted by Gasteiger charge is 2.45. The molecule has 0 bridgehead atoms. The van der Waals surface area contributed by atoms with E-state index in [0.29, 0.717) is 49.7 Å². The van der Waals surface area contributed by atoms with Gasteiger partial charge in [0.2, 0.25) is 11.9 Å². The molecule has 2 aliphatic heterocycles. The molecule has 0 radical (unpaired) electrons. The first-order chi connectivity index (χ1) is 13.0. The van der Waals surface area contributed by atoms with Gasteiger partial charge in [0.05, 0.1) is 24.2 Å². The smallest absolute Gasteiger partial charge is 0.297 e. The van der Waals surface area contributed by atoms with Crippen LogP contribution in [-0.2, 0) is 0 Å². The summed E-state index contributed by atoms with van der Waals surface area (Å²) in [5.41, 5.74) is 11.5. The normalized spacial score (nSPS) is 21.3. The number of fused-ring (bicyclic) bond motifs is 1. The third kappa shape index (κ3) is 3.00. The number of aliphatic imine (C=N–C) groups is 2. The summed E-state index contributed by atoms with van der Waals surface area (Å²) >= 11 is 0. The van der Waals surface area contributed by atoms with Gasteiger partial charge in [-0.3, -0.25) is 15.0 Å². The number of nitrogens with two attached hydrogens (primary N) is 2. The van der Waals surface area contributed by atoms with Gasteiger partial charge >= 0.3 is 0 Å². The molecule has 3 aliphatic rings. The molecule has 144 valence electrons. The minimum Gasteiger partial charge on any atom is -0.489 e. The summed E-state index contributed by atoms with van der Waals surface area (Å²) in [4.78, 5) is 21.7. The fraction of sp³-hybridized carbons (Fsp3) is 0.529. The van der Waals surface area contributed by atoms with Crippen molar-refractivity contribution >= 4 is 23.3 Å². The van der Waals surface area contributed by atoms with Crippen LogP contribution in [0.1, 0.15) is 38.5 Å². The summed E-state index contributed by atoms with van der Waals surface area (Å²) in [5.74, 6) is 1.01. The molecule has 1 aromatic carbocycles. The van der Waals surface area contributed by atoms with Gasteiger partial charge in [-0.05, 0) is 25.7 Å². The number of benzene rings is 1. The van der Waals surface area contributed by atoms with Gasteiger partial charge in [0.1, 0.15) is 11.4 Å². The van der Waals surface area contributed by atoms with Crippen molar-refractivity contribution in [2.45, 2.75) is 44.2 Å². The average Bonchev–Trinajstić information content (AvgIpc) is 2.85. The maximum absolute atomic E-state index is 11.8. The van der Waals surface area contributed by atoms with E-state index in [0.717, 1.165) is 19.3 Å². The highest BCUT2D eigenvalue weighted by Crippen LogP contribution is 2.46. The van der Waals surface area contributed by atoms with Crippen LogP contribution in [0.15, 0.2) is 22.1 Å².